The Morgan fingerprint density at radius 2 is 2.11 bits per heavy atom. The lowest BCUT2D eigenvalue weighted by Crippen LogP contribution is -2.11. The molecule has 1 heterocycles. The summed E-state index contributed by atoms with van der Waals surface area (Å²) in [5.41, 5.74) is 7.33. The molecule has 0 saturated heterocycles. The Morgan fingerprint density at radius 1 is 1.32 bits per heavy atom. The Labute approximate surface area is 125 Å². The molecule has 0 aliphatic carbocycles. The molecule has 0 fully saturated rings. The molecule has 1 aromatic heterocycles. The number of hydrogen-bond acceptors (Lipinski definition) is 4. The maximum Gasteiger partial charge on any atom is 0.129 e. The first-order valence-corrected chi connectivity index (χ1v) is 7.63. The zero-order chi connectivity index (χ0) is 13.8. The first-order chi connectivity index (χ1) is 9.15. The van der Waals surface area contributed by atoms with Gasteiger partial charge in [0.1, 0.15) is 11.5 Å². The van der Waals surface area contributed by atoms with Crippen LogP contribution in [-0.2, 0) is 0 Å². The van der Waals surface area contributed by atoms with Gasteiger partial charge in [-0.05, 0) is 30.7 Å². The van der Waals surface area contributed by atoms with Gasteiger partial charge in [0.2, 0.25) is 0 Å². The number of hydrogen-bond donors (Lipinski definition) is 1. The molecule has 2 N–H and O–H groups in total. The molecule has 1 atom stereocenters. The third-order valence-electron chi connectivity index (χ3n) is 2.76. The smallest absolute Gasteiger partial charge is 0.129 e. The van der Waals surface area contributed by atoms with Gasteiger partial charge in [0.05, 0.1) is 19.8 Å². The average Bonchev–Trinajstić information content (AvgIpc) is 2.87. The van der Waals surface area contributed by atoms with Gasteiger partial charge in [-0.2, -0.15) is 0 Å². The third-order valence-corrected chi connectivity index (χ3v) is 4.44. The van der Waals surface area contributed by atoms with Gasteiger partial charge in [0.15, 0.2) is 0 Å². The van der Waals surface area contributed by atoms with Crippen LogP contribution in [0.3, 0.4) is 0 Å². The summed E-state index contributed by atoms with van der Waals surface area (Å²) in [7, 11) is 1.66. The lowest BCUT2D eigenvalue weighted by Gasteiger charge is -2.13. The van der Waals surface area contributed by atoms with E-state index in [0.717, 1.165) is 26.4 Å². The Kier molecular flexibility index (Phi) is 4.85. The Morgan fingerprint density at radius 3 is 2.68 bits per heavy atom. The van der Waals surface area contributed by atoms with Crippen LogP contribution in [0.5, 0.6) is 11.5 Å². The van der Waals surface area contributed by atoms with E-state index >= 15 is 0 Å². The van der Waals surface area contributed by atoms with Crippen molar-refractivity contribution in [2.45, 2.75) is 13.0 Å². The number of methoxy groups -OCH3 is 1. The normalized spacial score (nSPS) is 12.2. The van der Waals surface area contributed by atoms with Crippen LogP contribution in [0.4, 0.5) is 0 Å². The summed E-state index contributed by atoms with van der Waals surface area (Å²) < 4.78 is 11.6. The first-order valence-electron chi connectivity index (χ1n) is 5.96. The molecule has 2 rings (SSSR count). The maximum atomic E-state index is 6.29. The van der Waals surface area contributed by atoms with Crippen molar-refractivity contribution in [2.24, 2.45) is 5.73 Å². The van der Waals surface area contributed by atoms with Crippen molar-refractivity contribution in [2.75, 3.05) is 13.7 Å². The quantitative estimate of drug-likeness (QED) is 0.894. The third kappa shape index (κ3) is 3.29. The van der Waals surface area contributed by atoms with Gasteiger partial charge in [0.25, 0.3) is 0 Å². The summed E-state index contributed by atoms with van der Waals surface area (Å²) in [6, 6.07) is 7.68. The fourth-order valence-electron chi connectivity index (χ4n) is 1.77. The van der Waals surface area contributed by atoms with Gasteiger partial charge in [-0.1, -0.05) is 22.0 Å². The number of halogens is 1. The van der Waals surface area contributed by atoms with Gasteiger partial charge in [-0.25, -0.2) is 0 Å². The van der Waals surface area contributed by atoms with Crippen LogP contribution in [-0.4, -0.2) is 13.7 Å². The number of nitrogens with two attached hydrogens (primary N) is 1. The number of ether oxygens (including phenoxy) is 2. The van der Waals surface area contributed by atoms with Crippen molar-refractivity contribution in [1.82, 2.24) is 0 Å². The monoisotopic (exact) mass is 341 g/mol. The Hall–Kier alpha value is -1.04. The van der Waals surface area contributed by atoms with Crippen LogP contribution >= 0.6 is 27.3 Å². The molecule has 0 radical (unpaired) electrons. The zero-order valence-corrected chi connectivity index (χ0v) is 13.3. The molecular weight excluding hydrogens is 326 g/mol. The van der Waals surface area contributed by atoms with E-state index in [-0.39, 0.29) is 6.04 Å². The second kappa shape index (κ2) is 6.41. The molecule has 3 nitrogen and oxygen atoms in total. The molecule has 0 aliphatic heterocycles. The largest absolute Gasteiger partial charge is 0.496 e. The summed E-state index contributed by atoms with van der Waals surface area (Å²) in [5, 5.41) is 1.96. The maximum absolute atomic E-state index is 6.29. The Balaban J connectivity index is 2.25. The van der Waals surface area contributed by atoms with Crippen molar-refractivity contribution >= 4 is 27.3 Å². The van der Waals surface area contributed by atoms with Crippen molar-refractivity contribution in [3.63, 3.8) is 0 Å². The summed E-state index contributed by atoms with van der Waals surface area (Å²) in [6.45, 7) is 2.62. The summed E-state index contributed by atoms with van der Waals surface area (Å²) in [4.78, 5) is 1.07. The standard InChI is InChI=1S/C14H16BrNO2S/c1-3-18-9-4-5-11(12(15)6-9)14(16)13-7-10(17-2)8-19-13/h4-8,14H,3,16H2,1-2H3. The SMILES string of the molecule is CCOc1ccc(C(N)c2cc(OC)cs2)c(Br)c1. The van der Waals surface area contributed by atoms with E-state index in [9.17, 15) is 0 Å². The van der Waals surface area contributed by atoms with E-state index in [1.165, 1.54) is 0 Å². The molecule has 0 spiro atoms. The molecular formula is C14H16BrNO2S. The minimum Gasteiger partial charge on any atom is -0.496 e. The second-order valence-electron chi connectivity index (χ2n) is 3.98. The number of thiophene rings is 1. The topological polar surface area (TPSA) is 44.5 Å². The molecule has 1 aromatic carbocycles. The summed E-state index contributed by atoms with van der Waals surface area (Å²) in [6.07, 6.45) is 0. The summed E-state index contributed by atoms with van der Waals surface area (Å²) >= 11 is 5.15. The molecule has 0 amide bonds. The van der Waals surface area contributed by atoms with E-state index in [0.29, 0.717) is 6.61 Å². The predicted molar refractivity (Wildman–Crippen MR) is 82.2 cm³/mol. The predicted octanol–water partition coefficient (Wildman–Crippen LogP) is 3.97. The highest BCUT2D eigenvalue weighted by Crippen LogP contribution is 2.34. The Bertz CT molecular complexity index is 556. The molecule has 0 bridgehead atoms. The summed E-state index contributed by atoms with van der Waals surface area (Å²) in [5.74, 6) is 1.69. The van der Waals surface area contributed by atoms with Gasteiger partial charge >= 0.3 is 0 Å². The molecule has 5 heteroatoms. The highest BCUT2D eigenvalue weighted by atomic mass is 79.9. The highest BCUT2D eigenvalue weighted by molar-refractivity contribution is 9.10. The fourth-order valence-corrected chi connectivity index (χ4v) is 3.25. The molecule has 0 aliphatic rings. The minimum atomic E-state index is -0.168. The minimum absolute atomic E-state index is 0.168. The van der Waals surface area contributed by atoms with Crippen LogP contribution < -0.4 is 15.2 Å². The van der Waals surface area contributed by atoms with Gasteiger partial charge in [-0.3, -0.25) is 0 Å². The molecule has 102 valence electrons. The average molecular weight is 342 g/mol. The lowest BCUT2D eigenvalue weighted by atomic mass is 10.1. The zero-order valence-electron chi connectivity index (χ0n) is 10.9. The first kappa shape index (κ1) is 14.4. The highest BCUT2D eigenvalue weighted by Gasteiger charge is 2.15. The van der Waals surface area contributed by atoms with Gasteiger partial charge in [-0.15, -0.1) is 11.3 Å². The van der Waals surface area contributed by atoms with Gasteiger partial charge in [0, 0.05) is 14.7 Å². The van der Waals surface area contributed by atoms with Crippen molar-refractivity contribution in [3.05, 3.63) is 44.6 Å². The lowest BCUT2D eigenvalue weighted by molar-refractivity contribution is 0.340. The van der Waals surface area contributed by atoms with Crippen LogP contribution in [0.1, 0.15) is 23.4 Å². The van der Waals surface area contributed by atoms with E-state index in [2.05, 4.69) is 15.9 Å². The van der Waals surface area contributed by atoms with Crippen LogP contribution in [0.15, 0.2) is 34.1 Å². The number of benzene rings is 1. The van der Waals surface area contributed by atoms with Crippen molar-refractivity contribution in [1.29, 1.82) is 0 Å². The van der Waals surface area contributed by atoms with E-state index in [1.54, 1.807) is 18.4 Å². The van der Waals surface area contributed by atoms with Crippen molar-refractivity contribution < 1.29 is 9.47 Å². The van der Waals surface area contributed by atoms with E-state index in [1.807, 2.05) is 36.6 Å². The van der Waals surface area contributed by atoms with Crippen LogP contribution in [0.2, 0.25) is 0 Å². The van der Waals surface area contributed by atoms with Gasteiger partial charge < -0.3 is 15.2 Å². The number of rotatable bonds is 5. The van der Waals surface area contributed by atoms with Crippen LogP contribution in [0.25, 0.3) is 0 Å². The second-order valence-corrected chi connectivity index (χ2v) is 5.78. The molecule has 0 saturated carbocycles. The van der Waals surface area contributed by atoms with E-state index in [4.69, 9.17) is 15.2 Å². The fraction of sp³-hybridized carbons (Fsp3) is 0.286. The molecule has 19 heavy (non-hydrogen) atoms. The van der Waals surface area contributed by atoms with E-state index < -0.39 is 0 Å². The van der Waals surface area contributed by atoms with Crippen molar-refractivity contribution in [3.8, 4) is 11.5 Å². The molecule has 2 aromatic rings. The molecule has 1 unspecified atom stereocenters. The van der Waals surface area contributed by atoms with Crippen LogP contribution in [0, 0.1) is 0 Å².